The summed E-state index contributed by atoms with van der Waals surface area (Å²) in [4.78, 5) is 6.39. The lowest BCUT2D eigenvalue weighted by Crippen LogP contribution is -2.23. The average Bonchev–Trinajstić information content (AvgIpc) is 3.00. The Morgan fingerprint density at radius 2 is 2.30 bits per heavy atom. The van der Waals surface area contributed by atoms with Crippen LogP contribution in [0.2, 0.25) is 0 Å². The van der Waals surface area contributed by atoms with Gasteiger partial charge in [-0.25, -0.2) is 4.98 Å². The number of benzene rings is 1. The van der Waals surface area contributed by atoms with Gasteiger partial charge < -0.3 is 5.32 Å². The fourth-order valence-electron chi connectivity index (χ4n) is 2.66. The molecule has 1 unspecified atom stereocenters. The Kier molecular flexibility index (Phi) is 4.54. The number of hydrogen-bond donors (Lipinski definition) is 1. The highest BCUT2D eigenvalue weighted by molar-refractivity contribution is 9.10. The van der Waals surface area contributed by atoms with Crippen LogP contribution in [-0.4, -0.2) is 11.5 Å². The number of hydrogen-bond acceptors (Lipinski definition) is 3. The van der Waals surface area contributed by atoms with Crippen molar-refractivity contribution in [1.82, 2.24) is 10.3 Å². The van der Waals surface area contributed by atoms with Crippen molar-refractivity contribution in [1.29, 1.82) is 0 Å². The first kappa shape index (κ1) is 14.2. The molecule has 1 atom stereocenters. The Balaban J connectivity index is 1.92. The summed E-state index contributed by atoms with van der Waals surface area (Å²) in [6, 6.07) is 8.77. The second-order valence-corrected chi connectivity index (χ2v) is 7.25. The molecule has 1 aliphatic carbocycles. The van der Waals surface area contributed by atoms with Gasteiger partial charge in [0, 0.05) is 9.35 Å². The maximum atomic E-state index is 4.89. The summed E-state index contributed by atoms with van der Waals surface area (Å²) in [5, 5.41) is 4.87. The highest BCUT2D eigenvalue weighted by atomic mass is 79.9. The van der Waals surface area contributed by atoms with Crippen molar-refractivity contribution in [2.45, 2.75) is 38.6 Å². The molecule has 0 amide bonds. The fraction of sp³-hybridized carbons (Fsp3) is 0.438. The van der Waals surface area contributed by atoms with Gasteiger partial charge in [0.1, 0.15) is 5.01 Å². The molecule has 2 aromatic rings. The molecule has 2 nitrogen and oxygen atoms in total. The van der Waals surface area contributed by atoms with Crippen LogP contribution in [-0.2, 0) is 12.8 Å². The van der Waals surface area contributed by atoms with Gasteiger partial charge in [-0.3, -0.25) is 0 Å². The lowest BCUT2D eigenvalue weighted by atomic mass is 10.1. The number of aromatic nitrogens is 1. The van der Waals surface area contributed by atoms with Gasteiger partial charge in [0.2, 0.25) is 0 Å². The zero-order valence-corrected chi connectivity index (χ0v) is 14.1. The second kappa shape index (κ2) is 6.37. The number of thiazole rings is 1. The lowest BCUT2D eigenvalue weighted by molar-refractivity contribution is 0.594. The van der Waals surface area contributed by atoms with E-state index in [1.807, 2.05) is 11.3 Å². The fourth-order valence-corrected chi connectivity index (χ4v) is 4.33. The number of fused-ring (bicyclic) bond motifs is 1. The summed E-state index contributed by atoms with van der Waals surface area (Å²) in [6.07, 6.45) is 4.78. The lowest BCUT2D eigenvalue weighted by Gasteiger charge is -2.17. The smallest absolute Gasteiger partial charge is 0.115 e. The summed E-state index contributed by atoms with van der Waals surface area (Å²) in [7, 11) is 0. The molecule has 0 saturated carbocycles. The summed E-state index contributed by atoms with van der Waals surface area (Å²) < 4.78 is 1.13. The zero-order valence-electron chi connectivity index (χ0n) is 11.7. The van der Waals surface area contributed by atoms with E-state index in [-0.39, 0.29) is 6.04 Å². The van der Waals surface area contributed by atoms with Crippen molar-refractivity contribution < 1.29 is 0 Å². The monoisotopic (exact) mass is 350 g/mol. The van der Waals surface area contributed by atoms with Crippen LogP contribution in [0.4, 0.5) is 0 Å². The van der Waals surface area contributed by atoms with Crippen LogP contribution in [0.25, 0.3) is 0 Å². The van der Waals surface area contributed by atoms with Crippen LogP contribution in [0, 0.1) is 0 Å². The Labute approximate surface area is 132 Å². The number of aryl methyl sites for hydroxylation is 2. The molecule has 0 aliphatic heterocycles. The largest absolute Gasteiger partial charge is 0.304 e. The molecular formula is C16H19BrN2S. The van der Waals surface area contributed by atoms with E-state index < -0.39 is 0 Å². The number of halogens is 1. The minimum Gasteiger partial charge on any atom is -0.304 e. The molecule has 4 heteroatoms. The molecule has 1 heterocycles. The highest BCUT2D eigenvalue weighted by Gasteiger charge is 2.22. The Morgan fingerprint density at radius 1 is 1.40 bits per heavy atom. The molecule has 1 N–H and O–H groups in total. The molecule has 20 heavy (non-hydrogen) atoms. The molecule has 1 aliphatic rings. The van der Waals surface area contributed by atoms with Crippen LogP contribution < -0.4 is 5.32 Å². The Hall–Kier alpha value is -0.710. The molecular weight excluding hydrogens is 332 g/mol. The topological polar surface area (TPSA) is 24.9 Å². The molecule has 106 valence electrons. The average molecular weight is 351 g/mol. The van der Waals surface area contributed by atoms with Gasteiger partial charge >= 0.3 is 0 Å². The first-order chi connectivity index (χ1) is 9.78. The molecule has 0 fully saturated rings. The Bertz CT molecular complexity index is 572. The highest BCUT2D eigenvalue weighted by Crippen LogP contribution is 2.33. The Morgan fingerprint density at radius 3 is 3.05 bits per heavy atom. The van der Waals surface area contributed by atoms with Crippen LogP contribution in [0.3, 0.4) is 0 Å². The van der Waals surface area contributed by atoms with Crippen molar-refractivity contribution in [3.05, 3.63) is 49.9 Å². The van der Waals surface area contributed by atoms with Gasteiger partial charge in [-0.05, 0) is 49.9 Å². The minimum atomic E-state index is 0.225. The molecule has 0 radical (unpaired) electrons. The number of nitrogens with zero attached hydrogens (tertiary/aromatic N) is 1. The predicted molar refractivity (Wildman–Crippen MR) is 88.4 cm³/mol. The van der Waals surface area contributed by atoms with Crippen LogP contribution in [0.15, 0.2) is 28.7 Å². The van der Waals surface area contributed by atoms with Gasteiger partial charge in [0.25, 0.3) is 0 Å². The zero-order chi connectivity index (χ0) is 13.9. The van der Waals surface area contributed by atoms with Crippen molar-refractivity contribution in [2.24, 2.45) is 0 Å². The molecule has 1 aromatic carbocycles. The van der Waals surface area contributed by atoms with Crippen molar-refractivity contribution in [2.75, 3.05) is 6.54 Å². The van der Waals surface area contributed by atoms with E-state index in [0.717, 1.165) is 23.9 Å². The number of nitrogens with one attached hydrogen (secondary N) is 1. The summed E-state index contributed by atoms with van der Waals surface area (Å²) in [5.74, 6) is 0. The van der Waals surface area contributed by atoms with Gasteiger partial charge in [-0.1, -0.05) is 35.0 Å². The quantitative estimate of drug-likeness (QED) is 0.859. The van der Waals surface area contributed by atoms with E-state index in [1.165, 1.54) is 34.0 Å². The minimum absolute atomic E-state index is 0.225. The van der Waals surface area contributed by atoms with Gasteiger partial charge in [0.05, 0.1) is 11.7 Å². The summed E-state index contributed by atoms with van der Waals surface area (Å²) in [6.45, 7) is 3.22. The van der Waals surface area contributed by atoms with Gasteiger partial charge in [0.15, 0.2) is 0 Å². The van der Waals surface area contributed by atoms with E-state index >= 15 is 0 Å². The van der Waals surface area contributed by atoms with Crippen LogP contribution in [0.1, 0.15) is 46.9 Å². The normalized spacial score (nSPS) is 15.3. The van der Waals surface area contributed by atoms with Crippen molar-refractivity contribution in [3.8, 4) is 0 Å². The molecule has 0 bridgehead atoms. The van der Waals surface area contributed by atoms with E-state index in [9.17, 15) is 0 Å². The van der Waals surface area contributed by atoms with Crippen molar-refractivity contribution in [3.63, 3.8) is 0 Å². The van der Waals surface area contributed by atoms with E-state index in [1.54, 1.807) is 0 Å². The first-order valence-electron chi connectivity index (χ1n) is 7.25. The summed E-state index contributed by atoms with van der Waals surface area (Å²) >= 11 is 5.46. The van der Waals surface area contributed by atoms with Gasteiger partial charge in [-0.15, -0.1) is 11.3 Å². The van der Waals surface area contributed by atoms with E-state index in [2.05, 4.69) is 52.4 Å². The third-order valence-electron chi connectivity index (χ3n) is 3.64. The predicted octanol–water partition coefficient (Wildman–Crippen LogP) is 4.48. The van der Waals surface area contributed by atoms with Crippen LogP contribution in [0.5, 0.6) is 0 Å². The van der Waals surface area contributed by atoms with Crippen LogP contribution >= 0.6 is 27.3 Å². The molecule has 0 saturated heterocycles. The van der Waals surface area contributed by atoms with Gasteiger partial charge in [-0.2, -0.15) is 0 Å². The maximum absolute atomic E-state index is 4.89. The first-order valence-corrected chi connectivity index (χ1v) is 8.86. The molecule has 0 spiro atoms. The third kappa shape index (κ3) is 2.97. The summed E-state index contributed by atoms with van der Waals surface area (Å²) in [5.41, 5.74) is 2.63. The number of rotatable bonds is 5. The third-order valence-corrected chi connectivity index (χ3v) is 5.36. The standard InChI is InChI=1S/C16H19BrN2S/c1-2-9-18-15(11-5-3-6-12(17)10-11)16-19-13-7-4-8-14(13)20-16/h3,5-6,10,15,18H,2,4,7-9H2,1H3. The molecule has 3 rings (SSSR count). The maximum Gasteiger partial charge on any atom is 0.115 e. The SMILES string of the molecule is CCCNC(c1cccc(Br)c1)c1nc2c(s1)CCC2. The second-order valence-electron chi connectivity index (χ2n) is 5.22. The molecule has 1 aromatic heterocycles. The van der Waals surface area contributed by atoms with Crippen molar-refractivity contribution >= 4 is 27.3 Å². The van der Waals surface area contributed by atoms with E-state index in [4.69, 9.17) is 4.98 Å². The van der Waals surface area contributed by atoms with E-state index in [0.29, 0.717) is 0 Å².